The van der Waals surface area contributed by atoms with Crippen LogP contribution in [0.1, 0.15) is 30.5 Å². The van der Waals surface area contributed by atoms with Gasteiger partial charge in [-0.1, -0.05) is 23.4 Å². The molecule has 0 radical (unpaired) electrons. The normalized spacial score (nSPS) is 23.5. The molecule has 1 atom stereocenters. The molecule has 3 saturated heterocycles. The van der Waals surface area contributed by atoms with Crippen LogP contribution in [-0.4, -0.2) is 34.7 Å². The molecule has 3 aliphatic rings. The molecule has 1 N–H and O–H groups in total. The first kappa shape index (κ1) is 17.3. The van der Waals surface area contributed by atoms with E-state index in [2.05, 4.69) is 20.4 Å². The van der Waals surface area contributed by atoms with Crippen molar-refractivity contribution in [2.24, 2.45) is 5.92 Å². The molecule has 3 aliphatic heterocycles. The quantitative estimate of drug-likeness (QED) is 0.696. The standard InChI is InChI=1S/C22H24N4O2/c1-2-4-17(5-3-1)23-18-6-8-19(9-7-18)27-15-21-24-22(25-28-21)20-14-26-12-10-16(20)11-13-26/h1-9,16,20,23H,10-15H2. The molecule has 4 heterocycles. The number of para-hydroxylation sites is 1. The van der Waals surface area contributed by atoms with Crippen molar-refractivity contribution in [2.45, 2.75) is 25.4 Å². The van der Waals surface area contributed by atoms with Gasteiger partial charge >= 0.3 is 0 Å². The lowest BCUT2D eigenvalue weighted by atomic mass is 9.79. The fraction of sp³-hybridized carbons (Fsp3) is 0.364. The van der Waals surface area contributed by atoms with E-state index in [4.69, 9.17) is 9.26 Å². The molecular weight excluding hydrogens is 352 g/mol. The van der Waals surface area contributed by atoms with Gasteiger partial charge in [-0.25, -0.2) is 0 Å². The van der Waals surface area contributed by atoms with Gasteiger partial charge < -0.3 is 19.5 Å². The highest BCUT2D eigenvalue weighted by molar-refractivity contribution is 5.59. The molecule has 6 nitrogen and oxygen atoms in total. The lowest BCUT2D eigenvalue weighted by molar-refractivity contribution is 0.0825. The van der Waals surface area contributed by atoms with Gasteiger partial charge in [-0.15, -0.1) is 0 Å². The maximum Gasteiger partial charge on any atom is 0.264 e. The molecule has 0 spiro atoms. The Labute approximate surface area is 164 Å². The summed E-state index contributed by atoms with van der Waals surface area (Å²) in [6, 6.07) is 18.0. The van der Waals surface area contributed by atoms with Gasteiger partial charge in [0.15, 0.2) is 12.4 Å². The first-order valence-corrected chi connectivity index (χ1v) is 9.93. The number of piperidine rings is 3. The topological polar surface area (TPSA) is 63.4 Å². The minimum absolute atomic E-state index is 0.291. The molecule has 2 aromatic carbocycles. The van der Waals surface area contributed by atoms with Gasteiger partial charge in [0.1, 0.15) is 5.75 Å². The SMILES string of the molecule is c1ccc(Nc2ccc(OCc3nc(C4CN5CCC4CC5)no3)cc2)cc1. The first-order chi connectivity index (χ1) is 13.8. The van der Waals surface area contributed by atoms with Gasteiger partial charge in [-0.3, -0.25) is 0 Å². The average molecular weight is 376 g/mol. The maximum atomic E-state index is 5.83. The van der Waals surface area contributed by atoms with Crippen molar-refractivity contribution in [2.75, 3.05) is 25.0 Å². The zero-order valence-corrected chi connectivity index (χ0v) is 15.8. The Kier molecular flexibility index (Phi) is 4.71. The lowest BCUT2D eigenvalue weighted by Crippen LogP contribution is -2.46. The molecular formula is C22H24N4O2. The summed E-state index contributed by atoms with van der Waals surface area (Å²) >= 11 is 0. The minimum atomic E-state index is 0.291. The molecule has 6 heteroatoms. The van der Waals surface area contributed by atoms with E-state index < -0.39 is 0 Å². The molecule has 0 aliphatic carbocycles. The predicted octanol–water partition coefficient (Wildman–Crippen LogP) is 4.20. The van der Waals surface area contributed by atoms with Crippen LogP contribution in [0.15, 0.2) is 59.1 Å². The second kappa shape index (κ2) is 7.64. The van der Waals surface area contributed by atoms with Crippen molar-refractivity contribution in [1.82, 2.24) is 15.0 Å². The number of nitrogens with one attached hydrogen (secondary N) is 1. The summed E-state index contributed by atoms with van der Waals surface area (Å²) in [5.41, 5.74) is 2.07. The largest absolute Gasteiger partial charge is 0.484 e. The van der Waals surface area contributed by atoms with Crippen molar-refractivity contribution < 1.29 is 9.26 Å². The number of ether oxygens (including phenoxy) is 1. The van der Waals surface area contributed by atoms with Crippen LogP contribution in [-0.2, 0) is 6.61 Å². The van der Waals surface area contributed by atoms with Gasteiger partial charge in [0.25, 0.3) is 5.89 Å². The van der Waals surface area contributed by atoms with Crippen LogP contribution in [0.2, 0.25) is 0 Å². The van der Waals surface area contributed by atoms with Crippen LogP contribution >= 0.6 is 0 Å². The van der Waals surface area contributed by atoms with Crippen LogP contribution in [0.25, 0.3) is 0 Å². The third-order valence-corrected chi connectivity index (χ3v) is 5.75. The Morgan fingerprint density at radius 3 is 2.46 bits per heavy atom. The summed E-state index contributed by atoms with van der Waals surface area (Å²) in [7, 11) is 0. The van der Waals surface area contributed by atoms with Crippen molar-refractivity contribution in [1.29, 1.82) is 0 Å². The minimum Gasteiger partial charge on any atom is -0.484 e. The molecule has 0 amide bonds. The Balaban J connectivity index is 1.17. The Morgan fingerprint density at radius 1 is 1.00 bits per heavy atom. The molecule has 2 bridgehead atoms. The summed E-state index contributed by atoms with van der Waals surface area (Å²) in [4.78, 5) is 7.10. The van der Waals surface area contributed by atoms with E-state index in [1.807, 2.05) is 54.6 Å². The fourth-order valence-corrected chi connectivity index (χ4v) is 4.20. The van der Waals surface area contributed by atoms with Crippen LogP contribution in [0.3, 0.4) is 0 Å². The van der Waals surface area contributed by atoms with Crippen LogP contribution in [0.4, 0.5) is 11.4 Å². The van der Waals surface area contributed by atoms with Crippen LogP contribution < -0.4 is 10.1 Å². The highest BCUT2D eigenvalue weighted by Gasteiger charge is 2.37. The third kappa shape index (κ3) is 3.73. The van der Waals surface area contributed by atoms with E-state index in [0.717, 1.165) is 29.5 Å². The molecule has 28 heavy (non-hydrogen) atoms. The van der Waals surface area contributed by atoms with E-state index in [0.29, 0.717) is 24.3 Å². The average Bonchev–Trinajstić information content (AvgIpc) is 3.24. The Hall–Kier alpha value is -2.86. The van der Waals surface area contributed by atoms with E-state index in [1.54, 1.807) is 0 Å². The summed E-state index contributed by atoms with van der Waals surface area (Å²) in [6.45, 7) is 3.77. The van der Waals surface area contributed by atoms with Crippen molar-refractivity contribution in [3.05, 3.63) is 66.3 Å². The summed E-state index contributed by atoms with van der Waals surface area (Å²) in [5.74, 6) is 3.26. The van der Waals surface area contributed by atoms with E-state index in [9.17, 15) is 0 Å². The zero-order valence-electron chi connectivity index (χ0n) is 15.8. The highest BCUT2D eigenvalue weighted by Crippen LogP contribution is 2.37. The van der Waals surface area contributed by atoms with Gasteiger partial charge in [0.05, 0.1) is 0 Å². The molecule has 3 aromatic rings. The summed E-state index contributed by atoms with van der Waals surface area (Å²) < 4.78 is 11.3. The summed E-state index contributed by atoms with van der Waals surface area (Å²) in [6.07, 6.45) is 2.49. The van der Waals surface area contributed by atoms with E-state index in [-0.39, 0.29) is 0 Å². The van der Waals surface area contributed by atoms with Gasteiger partial charge in [-0.05, 0) is 68.2 Å². The molecule has 1 unspecified atom stereocenters. The lowest BCUT2D eigenvalue weighted by Gasteiger charge is -2.43. The number of hydrogen-bond acceptors (Lipinski definition) is 6. The third-order valence-electron chi connectivity index (χ3n) is 5.75. The smallest absolute Gasteiger partial charge is 0.264 e. The molecule has 3 fully saturated rings. The zero-order chi connectivity index (χ0) is 18.8. The fourth-order valence-electron chi connectivity index (χ4n) is 4.20. The number of benzene rings is 2. The van der Waals surface area contributed by atoms with Crippen LogP contribution in [0, 0.1) is 5.92 Å². The van der Waals surface area contributed by atoms with Crippen molar-refractivity contribution in [3.8, 4) is 5.75 Å². The molecule has 0 saturated carbocycles. The van der Waals surface area contributed by atoms with Gasteiger partial charge in [-0.2, -0.15) is 4.98 Å². The van der Waals surface area contributed by atoms with Gasteiger partial charge in [0, 0.05) is 23.8 Å². The second-order valence-corrected chi connectivity index (χ2v) is 7.59. The van der Waals surface area contributed by atoms with E-state index >= 15 is 0 Å². The van der Waals surface area contributed by atoms with Crippen molar-refractivity contribution in [3.63, 3.8) is 0 Å². The maximum absolute atomic E-state index is 5.83. The number of hydrogen-bond donors (Lipinski definition) is 1. The number of anilines is 2. The van der Waals surface area contributed by atoms with Gasteiger partial charge in [0.2, 0.25) is 0 Å². The van der Waals surface area contributed by atoms with Crippen LogP contribution in [0.5, 0.6) is 5.75 Å². The Bertz CT molecular complexity index is 902. The second-order valence-electron chi connectivity index (χ2n) is 7.59. The summed E-state index contributed by atoms with van der Waals surface area (Å²) in [5, 5.41) is 7.59. The first-order valence-electron chi connectivity index (χ1n) is 9.93. The molecule has 1 aromatic heterocycles. The molecule has 6 rings (SSSR count). The monoisotopic (exact) mass is 376 g/mol. The molecule has 144 valence electrons. The predicted molar refractivity (Wildman–Crippen MR) is 107 cm³/mol. The highest BCUT2D eigenvalue weighted by atomic mass is 16.5. The van der Waals surface area contributed by atoms with E-state index in [1.165, 1.54) is 25.9 Å². The Morgan fingerprint density at radius 2 is 1.75 bits per heavy atom. The number of nitrogens with zero attached hydrogens (tertiary/aromatic N) is 3. The van der Waals surface area contributed by atoms with Crippen molar-refractivity contribution >= 4 is 11.4 Å². The number of aromatic nitrogens is 2. The number of rotatable bonds is 6. The number of fused-ring (bicyclic) bond motifs is 3.